The van der Waals surface area contributed by atoms with E-state index in [1.165, 1.54) is 41.9 Å². The molecular formula is C18H31NOS. The first-order chi connectivity index (χ1) is 10.1. The van der Waals surface area contributed by atoms with Crippen molar-refractivity contribution in [3.63, 3.8) is 0 Å². The molecule has 1 N–H and O–H groups in total. The summed E-state index contributed by atoms with van der Waals surface area (Å²) >= 11 is 1.93. The molecule has 0 atom stereocenters. The van der Waals surface area contributed by atoms with Gasteiger partial charge in [0.2, 0.25) is 0 Å². The number of ether oxygens (including phenoxy) is 1. The van der Waals surface area contributed by atoms with E-state index in [-0.39, 0.29) is 5.41 Å². The standard InChI is InChI=1S/C18H31NOS/c1-18(2,3)17-11-10-16(21-17)14-19-12-7-13-20-15-8-5-4-6-9-15/h10-11,15,19H,4-9,12-14H2,1-3H3. The predicted octanol–water partition coefficient (Wildman–Crippen LogP) is 4.87. The second-order valence-corrected chi connectivity index (χ2v) is 8.35. The summed E-state index contributed by atoms with van der Waals surface area (Å²) in [4.78, 5) is 2.91. The van der Waals surface area contributed by atoms with E-state index in [0.717, 1.165) is 26.1 Å². The minimum Gasteiger partial charge on any atom is -0.378 e. The lowest BCUT2D eigenvalue weighted by molar-refractivity contribution is 0.0273. The molecule has 0 unspecified atom stereocenters. The van der Waals surface area contributed by atoms with Crippen molar-refractivity contribution in [1.29, 1.82) is 0 Å². The maximum absolute atomic E-state index is 5.95. The highest BCUT2D eigenvalue weighted by molar-refractivity contribution is 7.12. The fourth-order valence-corrected chi connectivity index (χ4v) is 3.80. The average molecular weight is 310 g/mol. The molecule has 21 heavy (non-hydrogen) atoms. The first-order valence-electron chi connectivity index (χ1n) is 8.47. The SMILES string of the molecule is CC(C)(C)c1ccc(CNCCCOC2CCCCC2)s1. The second kappa shape index (κ2) is 8.30. The molecule has 0 aliphatic heterocycles. The van der Waals surface area contributed by atoms with Gasteiger partial charge in [0.15, 0.2) is 0 Å². The number of rotatable bonds is 7. The molecule has 0 bridgehead atoms. The smallest absolute Gasteiger partial charge is 0.0575 e. The molecule has 0 amide bonds. The summed E-state index contributed by atoms with van der Waals surface area (Å²) in [6.45, 7) is 9.78. The Bertz CT molecular complexity index is 402. The quantitative estimate of drug-likeness (QED) is 0.725. The van der Waals surface area contributed by atoms with E-state index < -0.39 is 0 Å². The highest BCUT2D eigenvalue weighted by Gasteiger charge is 2.16. The van der Waals surface area contributed by atoms with Crippen LogP contribution >= 0.6 is 11.3 Å². The molecule has 1 aliphatic carbocycles. The third-order valence-corrected chi connectivity index (χ3v) is 5.61. The van der Waals surface area contributed by atoms with Crippen molar-refractivity contribution in [2.45, 2.75) is 77.4 Å². The van der Waals surface area contributed by atoms with Crippen LogP contribution in [0, 0.1) is 0 Å². The molecule has 0 spiro atoms. The molecule has 120 valence electrons. The van der Waals surface area contributed by atoms with Crippen LogP contribution in [-0.2, 0) is 16.7 Å². The fraction of sp³-hybridized carbons (Fsp3) is 0.778. The van der Waals surface area contributed by atoms with Gasteiger partial charge in [-0.25, -0.2) is 0 Å². The highest BCUT2D eigenvalue weighted by Crippen LogP contribution is 2.29. The first kappa shape index (κ1) is 17.0. The van der Waals surface area contributed by atoms with Crippen LogP contribution in [-0.4, -0.2) is 19.3 Å². The molecule has 0 radical (unpaired) electrons. The Morgan fingerprint density at radius 1 is 1.19 bits per heavy atom. The number of hydrogen-bond donors (Lipinski definition) is 1. The van der Waals surface area contributed by atoms with E-state index in [2.05, 4.69) is 38.2 Å². The molecular weight excluding hydrogens is 278 g/mol. The summed E-state index contributed by atoms with van der Waals surface area (Å²) in [5, 5.41) is 3.53. The van der Waals surface area contributed by atoms with Crippen LogP contribution in [0.4, 0.5) is 0 Å². The first-order valence-corrected chi connectivity index (χ1v) is 9.29. The van der Waals surface area contributed by atoms with Gasteiger partial charge in [-0.05, 0) is 43.4 Å². The Balaban J connectivity index is 1.54. The average Bonchev–Trinajstić information content (AvgIpc) is 2.93. The maximum atomic E-state index is 5.95. The summed E-state index contributed by atoms with van der Waals surface area (Å²) in [5.41, 5.74) is 0.275. The molecule has 0 saturated heterocycles. The van der Waals surface area contributed by atoms with Gasteiger partial charge in [-0.15, -0.1) is 11.3 Å². The van der Waals surface area contributed by atoms with E-state index >= 15 is 0 Å². The van der Waals surface area contributed by atoms with E-state index in [1.54, 1.807) is 0 Å². The monoisotopic (exact) mass is 309 g/mol. The summed E-state index contributed by atoms with van der Waals surface area (Å²) < 4.78 is 5.95. The maximum Gasteiger partial charge on any atom is 0.0575 e. The van der Waals surface area contributed by atoms with Crippen molar-refractivity contribution >= 4 is 11.3 Å². The molecule has 1 aromatic rings. The van der Waals surface area contributed by atoms with Crippen molar-refractivity contribution in [3.05, 3.63) is 21.9 Å². The van der Waals surface area contributed by atoms with Gasteiger partial charge in [-0.1, -0.05) is 40.0 Å². The minimum absolute atomic E-state index is 0.275. The lowest BCUT2D eigenvalue weighted by atomic mass is 9.95. The van der Waals surface area contributed by atoms with Crippen LogP contribution in [0.25, 0.3) is 0 Å². The third-order valence-electron chi connectivity index (χ3n) is 4.10. The van der Waals surface area contributed by atoms with Crippen LogP contribution in [0.15, 0.2) is 12.1 Å². The number of thiophene rings is 1. The lowest BCUT2D eigenvalue weighted by Gasteiger charge is -2.21. The Hall–Kier alpha value is -0.380. The second-order valence-electron chi connectivity index (χ2n) is 7.18. The zero-order chi connectivity index (χ0) is 15.1. The molecule has 1 aliphatic rings. The van der Waals surface area contributed by atoms with Gasteiger partial charge in [0, 0.05) is 22.9 Å². The van der Waals surface area contributed by atoms with Crippen molar-refractivity contribution in [3.8, 4) is 0 Å². The van der Waals surface area contributed by atoms with Gasteiger partial charge in [-0.3, -0.25) is 0 Å². The van der Waals surface area contributed by atoms with E-state index in [0.29, 0.717) is 6.10 Å². The van der Waals surface area contributed by atoms with Gasteiger partial charge in [0.25, 0.3) is 0 Å². The third kappa shape index (κ3) is 6.09. The zero-order valence-corrected chi connectivity index (χ0v) is 14.7. The molecule has 3 heteroatoms. The van der Waals surface area contributed by atoms with Crippen LogP contribution in [0.2, 0.25) is 0 Å². The highest BCUT2D eigenvalue weighted by atomic mass is 32.1. The number of nitrogens with one attached hydrogen (secondary N) is 1. The largest absolute Gasteiger partial charge is 0.378 e. The summed E-state index contributed by atoms with van der Waals surface area (Å²) in [6, 6.07) is 4.53. The zero-order valence-electron chi connectivity index (χ0n) is 13.9. The van der Waals surface area contributed by atoms with Gasteiger partial charge in [-0.2, -0.15) is 0 Å². The molecule has 2 rings (SSSR count). The Morgan fingerprint density at radius 3 is 2.62 bits per heavy atom. The predicted molar refractivity (Wildman–Crippen MR) is 92.2 cm³/mol. The van der Waals surface area contributed by atoms with Gasteiger partial charge in [0.1, 0.15) is 0 Å². The van der Waals surface area contributed by atoms with Crippen molar-refractivity contribution in [1.82, 2.24) is 5.32 Å². The Labute approximate surface area is 134 Å². The molecule has 1 aromatic heterocycles. The van der Waals surface area contributed by atoms with Crippen molar-refractivity contribution in [2.24, 2.45) is 0 Å². The topological polar surface area (TPSA) is 21.3 Å². The van der Waals surface area contributed by atoms with E-state index in [4.69, 9.17) is 4.74 Å². The minimum atomic E-state index is 0.275. The molecule has 2 nitrogen and oxygen atoms in total. The number of hydrogen-bond acceptors (Lipinski definition) is 3. The Morgan fingerprint density at radius 2 is 1.95 bits per heavy atom. The van der Waals surface area contributed by atoms with Gasteiger partial charge in [0.05, 0.1) is 6.10 Å². The van der Waals surface area contributed by atoms with E-state index in [1.807, 2.05) is 11.3 Å². The fourth-order valence-electron chi connectivity index (χ4n) is 2.77. The molecule has 1 fully saturated rings. The van der Waals surface area contributed by atoms with Crippen molar-refractivity contribution in [2.75, 3.05) is 13.2 Å². The lowest BCUT2D eigenvalue weighted by Crippen LogP contribution is -2.20. The molecule has 0 aromatic carbocycles. The van der Waals surface area contributed by atoms with Crippen LogP contribution in [0.5, 0.6) is 0 Å². The van der Waals surface area contributed by atoms with Crippen LogP contribution in [0.3, 0.4) is 0 Å². The van der Waals surface area contributed by atoms with Gasteiger partial charge >= 0.3 is 0 Å². The summed E-state index contributed by atoms with van der Waals surface area (Å²) in [6.07, 6.45) is 8.34. The van der Waals surface area contributed by atoms with Crippen LogP contribution < -0.4 is 5.32 Å². The summed E-state index contributed by atoms with van der Waals surface area (Å²) in [5.74, 6) is 0. The van der Waals surface area contributed by atoms with Gasteiger partial charge < -0.3 is 10.1 Å². The van der Waals surface area contributed by atoms with Crippen LogP contribution in [0.1, 0.15) is 69.1 Å². The van der Waals surface area contributed by atoms with Crippen molar-refractivity contribution < 1.29 is 4.74 Å². The molecule has 1 heterocycles. The summed E-state index contributed by atoms with van der Waals surface area (Å²) in [7, 11) is 0. The normalized spacial score (nSPS) is 17.3. The molecule has 1 saturated carbocycles. The van der Waals surface area contributed by atoms with E-state index in [9.17, 15) is 0 Å². The Kier molecular flexibility index (Phi) is 6.72.